The first-order valence-electron chi connectivity index (χ1n) is 12.3. The number of hydrogen-bond acceptors (Lipinski definition) is 3. The molecule has 2 amide bonds. The predicted molar refractivity (Wildman–Crippen MR) is 137 cm³/mol. The smallest absolute Gasteiger partial charge is 0.253 e. The summed E-state index contributed by atoms with van der Waals surface area (Å²) in [6.07, 6.45) is 3.78. The van der Waals surface area contributed by atoms with Crippen molar-refractivity contribution in [2.75, 3.05) is 29.9 Å². The van der Waals surface area contributed by atoms with Crippen LogP contribution in [-0.4, -0.2) is 31.4 Å². The summed E-state index contributed by atoms with van der Waals surface area (Å²) >= 11 is 0. The van der Waals surface area contributed by atoms with Crippen LogP contribution < -0.4 is 15.5 Å². The number of nitrogens with one attached hydrogen (secondary N) is 2. The number of nitrogens with zero attached hydrogens (tertiary/aromatic N) is 1. The van der Waals surface area contributed by atoms with Gasteiger partial charge >= 0.3 is 0 Å². The van der Waals surface area contributed by atoms with E-state index in [-0.39, 0.29) is 17.7 Å². The Kier molecular flexibility index (Phi) is 8.93. The van der Waals surface area contributed by atoms with Crippen molar-refractivity contribution in [1.29, 1.82) is 0 Å². The Morgan fingerprint density at radius 1 is 0.970 bits per heavy atom. The van der Waals surface area contributed by atoms with Crippen LogP contribution in [0.15, 0.2) is 48.5 Å². The van der Waals surface area contributed by atoms with Crippen LogP contribution in [0.4, 0.5) is 11.4 Å². The molecule has 0 bridgehead atoms. The number of hydrogen-bond donors (Lipinski definition) is 2. The Labute approximate surface area is 199 Å². The van der Waals surface area contributed by atoms with E-state index in [4.69, 9.17) is 0 Å². The highest BCUT2D eigenvalue weighted by atomic mass is 16.2. The quantitative estimate of drug-likeness (QED) is 0.530. The number of carbonyl (C=O) groups is 2. The summed E-state index contributed by atoms with van der Waals surface area (Å²) < 4.78 is 0. The number of anilines is 2. The van der Waals surface area contributed by atoms with Crippen LogP contribution in [-0.2, 0) is 11.2 Å². The van der Waals surface area contributed by atoms with Gasteiger partial charge in [-0.2, -0.15) is 0 Å². The first-order chi connectivity index (χ1) is 15.8. The summed E-state index contributed by atoms with van der Waals surface area (Å²) in [4.78, 5) is 27.7. The van der Waals surface area contributed by atoms with Crippen LogP contribution in [0.3, 0.4) is 0 Å². The molecular formula is C28H39N3O2. The van der Waals surface area contributed by atoms with Gasteiger partial charge in [-0.3, -0.25) is 9.59 Å². The molecule has 178 valence electrons. The van der Waals surface area contributed by atoms with Gasteiger partial charge in [0.25, 0.3) is 5.91 Å². The van der Waals surface area contributed by atoms with Crippen molar-refractivity contribution in [1.82, 2.24) is 5.32 Å². The fourth-order valence-electron chi connectivity index (χ4n) is 4.37. The first-order valence-corrected chi connectivity index (χ1v) is 12.3. The average molecular weight is 450 g/mol. The highest BCUT2D eigenvalue weighted by molar-refractivity contribution is 6.02. The highest BCUT2D eigenvalue weighted by Crippen LogP contribution is 2.30. The molecule has 1 saturated heterocycles. The van der Waals surface area contributed by atoms with E-state index in [9.17, 15) is 9.59 Å². The topological polar surface area (TPSA) is 61.4 Å². The summed E-state index contributed by atoms with van der Waals surface area (Å²) in [5.74, 6) is 1.23. The van der Waals surface area contributed by atoms with Crippen LogP contribution in [0.25, 0.3) is 0 Å². The summed E-state index contributed by atoms with van der Waals surface area (Å²) in [7, 11) is 0. The maximum absolute atomic E-state index is 13.1. The van der Waals surface area contributed by atoms with Crippen molar-refractivity contribution in [2.24, 2.45) is 17.8 Å². The second-order valence-corrected chi connectivity index (χ2v) is 10.1. The molecule has 1 aliphatic rings. The molecule has 1 fully saturated rings. The Morgan fingerprint density at radius 3 is 2.30 bits per heavy atom. The second-order valence-electron chi connectivity index (χ2n) is 10.1. The van der Waals surface area contributed by atoms with Gasteiger partial charge in [0, 0.05) is 37.4 Å². The zero-order chi connectivity index (χ0) is 23.8. The Balaban J connectivity index is 1.72. The van der Waals surface area contributed by atoms with E-state index in [1.165, 1.54) is 5.56 Å². The van der Waals surface area contributed by atoms with Crippen LogP contribution >= 0.6 is 0 Å². The third-order valence-corrected chi connectivity index (χ3v) is 6.11. The Bertz CT molecular complexity index is 916. The Morgan fingerprint density at radius 2 is 1.67 bits per heavy atom. The van der Waals surface area contributed by atoms with Crippen molar-refractivity contribution in [2.45, 2.75) is 53.4 Å². The minimum absolute atomic E-state index is 0.0204. The van der Waals surface area contributed by atoms with Gasteiger partial charge < -0.3 is 15.5 Å². The van der Waals surface area contributed by atoms with Crippen molar-refractivity contribution >= 4 is 23.2 Å². The molecule has 33 heavy (non-hydrogen) atoms. The molecule has 3 rings (SSSR count). The van der Waals surface area contributed by atoms with Crippen LogP contribution in [0.2, 0.25) is 0 Å². The van der Waals surface area contributed by atoms with E-state index in [0.29, 0.717) is 36.1 Å². The van der Waals surface area contributed by atoms with Crippen LogP contribution in [0.5, 0.6) is 0 Å². The molecule has 0 atom stereocenters. The van der Waals surface area contributed by atoms with E-state index in [0.717, 1.165) is 38.0 Å². The standard InChI is InChI=1S/C28H39N3O2/c1-20(2)16-27(32)30-24-10-11-26(25(18-24)28(33)29-19-21(3)4)31-14-12-23(13-15-31)17-22-8-6-5-7-9-22/h5-11,18,20-21,23H,12-17,19H2,1-4H3,(H,29,33)(H,30,32). The van der Waals surface area contributed by atoms with Gasteiger partial charge in [0.2, 0.25) is 5.91 Å². The third kappa shape index (κ3) is 7.62. The summed E-state index contributed by atoms with van der Waals surface area (Å²) in [6, 6.07) is 16.4. The molecule has 0 saturated carbocycles. The number of benzene rings is 2. The van der Waals surface area contributed by atoms with E-state index in [1.807, 2.05) is 32.0 Å². The summed E-state index contributed by atoms with van der Waals surface area (Å²) in [5, 5.41) is 6.01. The van der Waals surface area contributed by atoms with Gasteiger partial charge in [0.05, 0.1) is 5.56 Å². The fourth-order valence-corrected chi connectivity index (χ4v) is 4.37. The van der Waals surface area contributed by atoms with Gasteiger partial charge in [0.15, 0.2) is 0 Å². The molecule has 0 spiro atoms. The normalized spacial score (nSPS) is 14.5. The summed E-state index contributed by atoms with van der Waals surface area (Å²) in [5.41, 5.74) is 3.67. The van der Waals surface area contributed by atoms with Gasteiger partial charge in [0.1, 0.15) is 0 Å². The highest BCUT2D eigenvalue weighted by Gasteiger charge is 2.24. The zero-order valence-electron chi connectivity index (χ0n) is 20.6. The minimum Gasteiger partial charge on any atom is -0.371 e. The molecule has 2 aromatic rings. The molecule has 5 heteroatoms. The Hall–Kier alpha value is -2.82. The third-order valence-electron chi connectivity index (χ3n) is 6.11. The zero-order valence-corrected chi connectivity index (χ0v) is 20.6. The van der Waals surface area contributed by atoms with Gasteiger partial charge in [-0.15, -0.1) is 0 Å². The van der Waals surface area contributed by atoms with Crippen LogP contribution in [0.1, 0.15) is 62.9 Å². The molecule has 2 N–H and O–H groups in total. The molecule has 5 nitrogen and oxygen atoms in total. The van der Waals surface area contributed by atoms with Crippen molar-refractivity contribution in [3.05, 3.63) is 59.7 Å². The fraction of sp³-hybridized carbons (Fsp3) is 0.500. The second kappa shape index (κ2) is 11.9. The van der Waals surface area contributed by atoms with Gasteiger partial charge in [-0.1, -0.05) is 58.0 Å². The largest absolute Gasteiger partial charge is 0.371 e. The maximum atomic E-state index is 13.1. The molecule has 0 radical (unpaired) electrons. The number of piperidine rings is 1. The monoisotopic (exact) mass is 449 g/mol. The average Bonchev–Trinajstić information content (AvgIpc) is 2.78. The van der Waals surface area contributed by atoms with E-state index in [1.54, 1.807) is 0 Å². The molecule has 1 aliphatic heterocycles. The maximum Gasteiger partial charge on any atom is 0.253 e. The molecular weight excluding hydrogens is 410 g/mol. The molecule has 1 heterocycles. The minimum atomic E-state index is -0.0786. The summed E-state index contributed by atoms with van der Waals surface area (Å²) in [6.45, 7) is 10.7. The number of carbonyl (C=O) groups excluding carboxylic acids is 2. The molecule has 0 aliphatic carbocycles. The van der Waals surface area contributed by atoms with Gasteiger partial charge in [-0.25, -0.2) is 0 Å². The number of amides is 2. The lowest BCUT2D eigenvalue weighted by Gasteiger charge is -2.35. The van der Waals surface area contributed by atoms with Crippen molar-refractivity contribution < 1.29 is 9.59 Å². The molecule has 0 unspecified atom stereocenters. The van der Waals surface area contributed by atoms with E-state index >= 15 is 0 Å². The SMILES string of the molecule is CC(C)CNC(=O)c1cc(NC(=O)CC(C)C)ccc1N1CCC(Cc2ccccc2)CC1. The first kappa shape index (κ1) is 24.8. The van der Waals surface area contributed by atoms with Crippen LogP contribution in [0, 0.1) is 17.8 Å². The molecule has 2 aromatic carbocycles. The molecule has 0 aromatic heterocycles. The number of rotatable bonds is 9. The van der Waals surface area contributed by atoms with Crippen molar-refractivity contribution in [3.8, 4) is 0 Å². The van der Waals surface area contributed by atoms with Crippen molar-refractivity contribution in [3.63, 3.8) is 0 Å². The lowest BCUT2D eigenvalue weighted by molar-refractivity contribution is -0.116. The predicted octanol–water partition coefficient (Wildman–Crippen LogP) is 5.52. The lowest BCUT2D eigenvalue weighted by Crippen LogP contribution is -2.36. The lowest BCUT2D eigenvalue weighted by atomic mass is 9.89. The van der Waals surface area contributed by atoms with Gasteiger partial charge in [-0.05, 0) is 60.8 Å². The van der Waals surface area contributed by atoms with E-state index < -0.39 is 0 Å². The van der Waals surface area contributed by atoms with E-state index in [2.05, 4.69) is 59.7 Å².